The number of para-hydroxylation sites is 1. The van der Waals surface area contributed by atoms with Crippen LogP contribution in [0, 0.1) is 5.82 Å². The van der Waals surface area contributed by atoms with E-state index in [1.54, 1.807) is 36.0 Å². The molecule has 1 aliphatic heterocycles. The summed E-state index contributed by atoms with van der Waals surface area (Å²) in [4.78, 5) is 0. The van der Waals surface area contributed by atoms with Gasteiger partial charge in [0, 0.05) is 29.8 Å². The third-order valence-electron chi connectivity index (χ3n) is 3.99. The van der Waals surface area contributed by atoms with Gasteiger partial charge < -0.3 is 8.75 Å². The highest BCUT2D eigenvalue weighted by atomic mass is 32.2. The van der Waals surface area contributed by atoms with Gasteiger partial charge in [0.25, 0.3) is 0 Å². The largest absolute Gasteiger partial charge is 0.383 e. The number of fused-ring (bicyclic) bond motifs is 2. The molecule has 23 heavy (non-hydrogen) atoms. The van der Waals surface area contributed by atoms with Gasteiger partial charge in [0.1, 0.15) is 11.6 Å². The Kier molecular flexibility index (Phi) is 2.97. The Bertz CT molecular complexity index is 1030. The van der Waals surface area contributed by atoms with E-state index in [0.717, 1.165) is 16.5 Å². The van der Waals surface area contributed by atoms with Crippen molar-refractivity contribution in [3.8, 4) is 5.75 Å². The molecule has 0 spiro atoms. The zero-order valence-corrected chi connectivity index (χ0v) is 13.0. The van der Waals surface area contributed by atoms with Crippen molar-refractivity contribution < 1.29 is 17.0 Å². The molecular weight excluding hydrogens is 319 g/mol. The second-order valence-corrected chi connectivity index (χ2v) is 6.79. The maximum absolute atomic E-state index is 13.5. The number of hydrogen-bond donors (Lipinski definition) is 1. The zero-order chi connectivity index (χ0) is 16.2. The van der Waals surface area contributed by atoms with Crippen LogP contribution in [0.15, 0.2) is 48.7 Å². The first-order valence-corrected chi connectivity index (χ1v) is 8.40. The highest BCUT2D eigenvalue weighted by Crippen LogP contribution is 2.38. The number of hydrogen-bond acceptors (Lipinski definition) is 3. The Morgan fingerprint density at radius 2 is 1.96 bits per heavy atom. The first-order valence-electron chi connectivity index (χ1n) is 7.00. The number of nitrogens with one attached hydrogen (secondary N) is 1. The van der Waals surface area contributed by atoms with Gasteiger partial charge >= 0.3 is 10.3 Å². The molecule has 7 heteroatoms. The highest BCUT2D eigenvalue weighted by Gasteiger charge is 2.32. The summed E-state index contributed by atoms with van der Waals surface area (Å²) >= 11 is 0. The van der Waals surface area contributed by atoms with Gasteiger partial charge in [-0.1, -0.05) is 18.2 Å². The Morgan fingerprint density at radius 3 is 2.78 bits per heavy atom. The van der Waals surface area contributed by atoms with Gasteiger partial charge in [-0.3, -0.25) is 0 Å². The molecule has 0 saturated heterocycles. The van der Waals surface area contributed by atoms with Gasteiger partial charge in [0.05, 0.1) is 11.6 Å². The molecule has 2 aromatic carbocycles. The minimum absolute atomic E-state index is 0.301. The van der Waals surface area contributed by atoms with Crippen LogP contribution in [0.25, 0.3) is 10.9 Å². The minimum atomic E-state index is -3.89. The van der Waals surface area contributed by atoms with E-state index < -0.39 is 16.3 Å². The summed E-state index contributed by atoms with van der Waals surface area (Å²) in [6.07, 6.45) is 1.80. The molecule has 1 aromatic heterocycles. The smallest absolute Gasteiger partial charge is 0.371 e. The van der Waals surface area contributed by atoms with Crippen LogP contribution in [-0.4, -0.2) is 13.0 Å². The molecule has 118 valence electrons. The second kappa shape index (κ2) is 4.81. The van der Waals surface area contributed by atoms with Crippen LogP contribution in [0.3, 0.4) is 0 Å². The van der Waals surface area contributed by atoms with Crippen molar-refractivity contribution in [3.63, 3.8) is 0 Å². The molecule has 0 fully saturated rings. The molecule has 0 aliphatic carbocycles. The standard InChI is InChI=1S/C16H13FN2O3S/c1-19-9-13(11-7-6-10(17)8-14(11)19)16-12-4-2-3-5-15(12)22-23(20,21)18-16/h2-9,16,18H,1H3/t16-/m1/s1. The topological polar surface area (TPSA) is 60.3 Å². The molecule has 0 amide bonds. The quantitative estimate of drug-likeness (QED) is 0.745. The average Bonchev–Trinajstić information content (AvgIpc) is 2.82. The summed E-state index contributed by atoms with van der Waals surface area (Å²) in [5.74, 6) is -0.0337. The van der Waals surface area contributed by atoms with Crippen LogP contribution >= 0.6 is 0 Å². The Labute approximate surface area is 132 Å². The van der Waals surface area contributed by atoms with Crippen LogP contribution in [0.1, 0.15) is 17.2 Å². The predicted octanol–water partition coefficient (Wildman–Crippen LogP) is 2.63. The van der Waals surface area contributed by atoms with E-state index in [1.165, 1.54) is 12.1 Å². The maximum atomic E-state index is 13.5. The van der Waals surface area contributed by atoms with Crippen molar-refractivity contribution in [2.45, 2.75) is 6.04 Å². The van der Waals surface area contributed by atoms with Crippen molar-refractivity contribution >= 4 is 21.2 Å². The molecule has 3 aromatic rings. The summed E-state index contributed by atoms with van der Waals surface area (Å²) < 4.78 is 46.8. The van der Waals surface area contributed by atoms with Gasteiger partial charge in [-0.15, -0.1) is 0 Å². The Balaban J connectivity index is 1.98. The van der Waals surface area contributed by atoms with Gasteiger partial charge in [0.15, 0.2) is 0 Å². The first-order chi connectivity index (χ1) is 10.9. The van der Waals surface area contributed by atoms with Crippen LogP contribution in [0.2, 0.25) is 0 Å². The third kappa shape index (κ3) is 2.29. The molecule has 0 radical (unpaired) electrons. The van der Waals surface area contributed by atoms with Crippen LogP contribution < -0.4 is 8.91 Å². The number of benzene rings is 2. The van der Waals surface area contributed by atoms with Crippen molar-refractivity contribution in [2.75, 3.05) is 0 Å². The lowest BCUT2D eigenvalue weighted by Gasteiger charge is -2.26. The lowest BCUT2D eigenvalue weighted by atomic mass is 9.98. The molecule has 1 atom stereocenters. The fraction of sp³-hybridized carbons (Fsp3) is 0.125. The predicted molar refractivity (Wildman–Crippen MR) is 83.8 cm³/mol. The SMILES string of the molecule is Cn1cc([C@@H]2NS(=O)(=O)Oc3ccccc32)c2ccc(F)cc21. The fourth-order valence-electron chi connectivity index (χ4n) is 2.99. The fourth-order valence-corrected chi connectivity index (χ4v) is 3.97. The molecule has 0 bridgehead atoms. The first kappa shape index (κ1) is 14.2. The number of rotatable bonds is 1. The summed E-state index contributed by atoms with van der Waals surface area (Å²) in [5.41, 5.74) is 2.17. The summed E-state index contributed by atoms with van der Waals surface area (Å²) in [5, 5.41) is 0.790. The lowest BCUT2D eigenvalue weighted by molar-refractivity contribution is 0.442. The van der Waals surface area contributed by atoms with Crippen molar-refractivity contribution in [2.24, 2.45) is 7.05 Å². The molecule has 2 heterocycles. The Morgan fingerprint density at radius 1 is 1.17 bits per heavy atom. The van der Waals surface area contributed by atoms with E-state index in [0.29, 0.717) is 11.3 Å². The number of aryl methyl sites for hydroxylation is 1. The molecule has 5 nitrogen and oxygen atoms in total. The number of aromatic nitrogens is 1. The highest BCUT2D eigenvalue weighted by molar-refractivity contribution is 7.85. The Hall–Kier alpha value is -2.38. The van der Waals surface area contributed by atoms with E-state index in [-0.39, 0.29) is 5.82 Å². The van der Waals surface area contributed by atoms with E-state index >= 15 is 0 Å². The summed E-state index contributed by atoms with van der Waals surface area (Å²) in [6, 6.07) is 10.8. The lowest BCUT2D eigenvalue weighted by Crippen LogP contribution is -2.37. The van der Waals surface area contributed by atoms with E-state index in [4.69, 9.17) is 4.18 Å². The van der Waals surface area contributed by atoms with Crippen LogP contribution in [0.5, 0.6) is 5.75 Å². The minimum Gasteiger partial charge on any atom is -0.371 e. The van der Waals surface area contributed by atoms with Crippen molar-refractivity contribution in [1.82, 2.24) is 9.29 Å². The molecule has 0 unspecified atom stereocenters. The molecule has 1 N–H and O–H groups in total. The second-order valence-electron chi connectivity index (χ2n) is 5.48. The summed E-state index contributed by atoms with van der Waals surface area (Å²) in [7, 11) is -2.10. The normalized spacial score (nSPS) is 19.3. The summed E-state index contributed by atoms with van der Waals surface area (Å²) in [6.45, 7) is 0. The van der Waals surface area contributed by atoms with Crippen molar-refractivity contribution in [3.05, 3.63) is 65.6 Å². The van der Waals surface area contributed by atoms with E-state index in [9.17, 15) is 12.8 Å². The van der Waals surface area contributed by atoms with Crippen LogP contribution in [0.4, 0.5) is 4.39 Å². The molecule has 4 rings (SSSR count). The average molecular weight is 332 g/mol. The monoisotopic (exact) mass is 332 g/mol. The van der Waals surface area contributed by atoms with Gasteiger partial charge in [-0.05, 0) is 24.3 Å². The molecule has 0 saturated carbocycles. The zero-order valence-electron chi connectivity index (χ0n) is 12.2. The maximum Gasteiger partial charge on any atom is 0.383 e. The third-order valence-corrected chi connectivity index (χ3v) is 4.91. The van der Waals surface area contributed by atoms with Gasteiger partial charge in [-0.25, -0.2) is 4.39 Å². The number of halogens is 1. The number of nitrogens with zero attached hydrogens (tertiary/aromatic N) is 1. The van der Waals surface area contributed by atoms with E-state index in [2.05, 4.69) is 4.72 Å². The van der Waals surface area contributed by atoms with Crippen LogP contribution in [-0.2, 0) is 17.4 Å². The van der Waals surface area contributed by atoms with Crippen molar-refractivity contribution in [1.29, 1.82) is 0 Å². The molecular formula is C16H13FN2O3S. The van der Waals surface area contributed by atoms with Gasteiger partial charge in [-0.2, -0.15) is 13.1 Å². The van der Waals surface area contributed by atoms with Gasteiger partial charge in [0.2, 0.25) is 0 Å². The van der Waals surface area contributed by atoms with E-state index in [1.807, 2.05) is 12.1 Å². The molecule has 1 aliphatic rings.